The zero-order chi connectivity index (χ0) is 31.5. The first-order valence-corrected chi connectivity index (χ1v) is 15.2. The van der Waals surface area contributed by atoms with E-state index in [1.807, 2.05) is 0 Å². The van der Waals surface area contributed by atoms with Crippen molar-refractivity contribution in [1.82, 2.24) is 15.1 Å². The second-order valence-corrected chi connectivity index (χ2v) is 13.5. The second kappa shape index (κ2) is 13.5. The molecule has 2 aliphatic rings. The van der Waals surface area contributed by atoms with Gasteiger partial charge in [-0.15, -0.1) is 0 Å². The number of hydrogen-bond donors (Lipinski definition) is 3. The number of nitrogens with zero attached hydrogens (tertiary/aromatic N) is 1. The Morgan fingerprint density at radius 3 is 2.00 bits per heavy atom. The summed E-state index contributed by atoms with van der Waals surface area (Å²) in [6.45, 7) is 3.43. The molecule has 0 saturated carbocycles. The summed E-state index contributed by atoms with van der Waals surface area (Å²) in [6.07, 6.45) is -10.2. The summed E-state index contributed by atoms with van der Waals surface area (Å²) < 4.78 is 79.9. The van der Waals surface area contributed by atoms with Crippen molar-refractivity contribution in [1.29, 1.82) is 0 Å². The molecule has 234 valence electrons. The molecule has 0 radical (unpaired) electrons. The summed E-state index contributed by atoms with van der Waals surface area (Å²) in [5.41, 5.74) is -3.43. The fourth-order valence-corrected chi connectivity index (χ4v) is 6.69. The Bertz CT molecular complexity index is 1060. The van der Waals surface area contributed by atoms with Crippen molar-refractivity contribution in [2.45, 2.75) is 103 Å². The molecule has 0 aromatic rings. The number of carbonyl (C=O) groups is 4. The van der Waals surface area contributed by atoms with Gasteiger partial charge in [-0.2, -0.15) is 8.78 Å². The van der Waals surface area contributed by atoms with Gasteiger partial charge in [0, 0.05) is 6.20 Å². The van der Waals surface area contributed by atoms with Gasteiger partial charge in [-0.25, -0.2) is 19.0 Å². The molecule has 2 rings (SSSR count). The Balaban J connectivity index is 2.40. The van der Waals surface area contributed by atoms with E-state index in [9.17, 15) is 33.1 Å². The second-order valence-electron chi connectivity index (χ2n) is 10.1. The molecule has 2 heterocycles. The maximum atomic E-state index is 15.2. The van der Waals surface area contributed by atoms with Gasteiger partial charge in [0.2, 0.25) is 12.1 Å². The van der Waals surface area contributed by atoms with Gasteiger partial charge in [0.15, 0.2) is 24.1 Å². The first-order valence-electron chi connectivity index (χ1n) is 12.5. The number of carbonyl (C=O) groups excluding carboxylic acids is 4. The lowest BCUT2D eigenvalue weighted by molar-refractivity contribution is -0.200. The van der Waals surface area contributed by atoms with E-state index >= 15 is 8.78 Å². The highest BCUT2D eigenvalue weighted by atomic mass is 32.4. The van der Waals surface area contributed by atoms with Crippen molar-refractivity contribution < 1.29 is 60.6 Å². The van der Waals surface area contributed by atoms with Gasteiger partial charge in [0.1, 0.15) is 12.1 Å². The van der Waals surface area contributed by atoms with Crippen molar-refractivity contribution in [3.8, 4) is 0 Å². The average Bonchev–Trinajstić information content (AvgIpc) is 3.03. The van der Waals surface area contributed by atoms with Crippen molar-refractivity contribution in [3.63, 3.8) is 0 Å². The number of ether oxygens (including phenoxy) is 3. The minimum atomic E-state index is -4.45. The van der Waals surface area contributed by atoms with Crippen LogP contribution in [0, 0.1) is 0 Å². The molecule has 3 N–H and O–H groups in total. The summed E-state index contributed by atoms with van der Waals surface area (Å²) in [7, 11) is 0. The molecule has 5 atom stereocenters. The van der Waals surface area contributed by atoms with Crippen LogP contribution in [-0.2, 0) is 49.7 Å². The molecule has 1 saturated heterocycles. The number of hydrogen-bond acceptors (Lipinski definition) is 10. The lowest BCUT2D eigenvalue weighted by atomic mass is 9.95. The molecule has 0 bridgehead atoms. The highest BCUT2D eigenvalue weighted by molar-refractivity contribution is 8.10. The number of allylic oxidation sites excluding steroid dienone is 1. The minimum absolute atomic E-state index is 0.245. The number of alkyl halides is 4. The Hall–Kier alpha value is -2.01. The Morgan fingerprint density at radius 2 is 1.59 bits per heavy atom. The van der Waals surface area contributed by atoms with Gasteiger partial charge < -0.3 is 23.8 Å². The third-order valence-electron chi connectivity index (χ3n) is 5.75. The quantitative estimate of drug-likeness (QED) is 0.117. The topological polar surface area (TPSA) is 153 Å². The fraction of sp³-hybridized carbons (Fsp3) is 0.739. The number of rotatable bonds is 13. The zero-order valence-corrected chi connectivity index (χ0v) is 24.8. The van der Waals surface area contributed by atoms with Crippen molar-refractivity contribution in [2.24, 2.45) is 0 Å². The molecule has 1 fully saturated rings. The maximum Gasteiger partial charge on any atom is 0.323 e. The van der Waals surface area contributed by atoms with Crippen molar-refractivity contribution >= 4 is 42.0 Å². The predicted octanol–water partition coefficient (Wildman–Crippen LogP) is 1.76. The van der Waals surface area contributed by atoms with E-state index in [1.54, 1.807) is 27.7 Å². The molecular weight excluding hydrogens is 601 g/mol. The number of esters is 2. The smallest absolute Gasteiger partial charge is 0.323 e. The van der Waals surface area contributed by atoms with E-state index in [0.717, 1.165) is 6.08 Å². The number of nitrogens with one attached hydrogen (secondary N) is 2. The highest BCUT2D eigenvalue weighted by Gasteiger charge is 2.72. The number of aliphatic hydroxyl groups excluding tert-OH is 1. The van der Waals surface area contributed by atoms with E-state index < -0.39 is 97.8 Å². The standard InChI is InChI=1S/C23H34F4N3O9PS/c1-11(2)37-17(33)13(5)28-40(41,29-14(6)18(34)38-12(3)4)36-10-22(20(24)25)19(35)23(26,27)21(39-22)30-8-7-15(31)9-16(30)32/h7-8,11-14,19-21,35H,9-10H2,1-6H3,(H2,28,29,41)/t13-,14-,19+,21+,22+/m0/s1. The molecule has 0 aromatic carbocycles. The van der Waals surface area contributed by atoms with E-state index in [1.165, 1.54) is 13.8 Å². The Kier molecular flexibility index (Phi) is 11.6. The van der Waals surface area contributed by atoms with Crippen LogP contribution >= 0.6 is 6.57 Å². The summed E-state index contributed by atoms with van der Waals surface area (Å²) >= 11 is 5.44. The third-order valence-corrected chi connectivity index (χ3v) is 8.65. The summed E-state index contributed by atoms with van der Waals surface area (Å²) in [4.78, 5) is 48.7. The molecule has 1 amide bonds. The van der Waals surface area contributed by atoms with Crippen LogP contribution in [0.15, 0.2) is 12.3 Å². The first-order chi connectivity index (χ1) is 18.8. The van der Waals surface area contributed by atoms with E-state index in [-0.39, 0.29) is 4.90 Å². The van der Waals surface area contributed by atoms with Gasteiger partial charge >= 0.3 is 17.9 Å². The van der Waals surface area contributed by atoms with Crippen LogP contribution in [-0.4, -0.2) is 94.8 Å². The van der Waals surface area contributed by atoms with Crippen LogP contribution < -0.4 is 10.2 Å². The van der Waals surface area contributed by atoms with Crippen LogP contribution in [0.1, 0.15) is 48.0 Å². The molecule has 0 spiro atoms. The third kappa shape index (κ3) is 8.30. The largest absolute Gasteiger partial charge is 0.462 e. The van der Waals surface area contributed by atoms with Crippen LogP contribution in [0.5, 0.6) is 0 Å². The van der Waals surface area contributed by atoms with Crippen molar-refractivity contribution in [2.75, 3.05) is 6.61 Å². The van der Waals surface area contributed by atoms with Gasteiger partial charge in [0.25, 0.3) is 6.43 Å². The number of amides is 1. The number of ketones is 1. The summed E-state index contributed by atoms with van der Waals surface area (Å²) in [6, 6.07) is -2.47. The normalized spacial score (nSPS) is 26.1. The molecule has 41 heavy (non-hydrogen) atoms. The molecular formula is C23H34F4N3O9PS. The Morgan fingerprint density at radius 1 is 1.10 bits per heavy atom. The summed E-state index contributed by atoms with van der Waals surface area (Å²) in [5.74, 6) is -7.97. The van der Waals surface area contributed by atoms with E-state index in [2.05, 4.69) is 10.2 Å². The lowest BCUT2D eigenvalue weighted by Gasteiger charge is -2.35. The highest BCUT2D eigenvalue weighted by Crippen LogP contribution is 2.50. The van der Waals surface area contributed by atoms with Gasteiger partial charge in [-0.05, 0) is 59.4 Å². The predicted molar refractivity (Wildman–Crippen MR) is 138 cm³/mol. The zero-order valence-electron chi connectivity index (χ0n) is 23.1. The van der Waals surface area contributed by atoms with Crippen molar-refractivity contribution in [3.05, 3.63) is 12.3 Å². The minimum Gasteiger partial charge on any atom is -0.462 e. The Labute approximate surface area is 239 Å². The van der Waals surface area contributed by atoms with E-state index in [0.29, 0.717) is 6.20 Å². The SMILES string of the molecule is CC(C)OC(=O)[C@H](C)NP(=S)(N[C@@H](C)C(=O)OC(C)C)OC[C@@]1(C(F)F)O[C@@H](N2C=CC(=O)CC2=O)C(F)(F)[C@@H]1O. The van der Waals surface area contributed by atoms with Gasteiger partial charge in [0.05, 0.1) is 25.2 Å². The van der Waals surface area contributed by atoms with E-state index in [4.69, 9.17) is 30.5 Å². The van der Waals surface area contributed by atoms with Crippen LogP contribution in [0.4, 0.5) is 17.6 Å². The van der Waals surface area contributed by atoms with Crippen LogP contribution in [0.25, 0.3) is 0 Å². The summed E-state index contributed by atoms with van der Waals surface area (Å²) in [5, 5.41) is 15.6. The molecule has 2 aliphatic heterocycles. The van der Waals surface area contributed by atoms with Gasteiger partial charge in [-0.3, -0.25) is 24.1 Å². The lowest BCUT2D eigenvalue weighted by Crippen LogP contribution is -2.55. The molecule has 12 nitrogen and oxygen atoms in total. The number of aliphatic hydroxyl groups is 1. The number of halogens is 4. The maximum absolute atomic E-state index is 15.2. The molecule has 0 aromatic heterocycles. The van der Waals surface area contributed by atoms with Crippen LogP contribution in [0.3, 0.4) is 0 Å². The first kappa shape index (κ1) is 35.2. The van der Waals surface area contributed by atoms with Gasteiger partial charge in [-0.1, -0.05) is 0 Å². The molecule has 18 heteroatoms. The molecule has 0 aliphatic carbocycles. The monoisotopic (exact) mass is 635 g/mol. The fourth-order valence-electron chi connectivity index (χ4n) is 3.74. The molecule has 0 unspecified atom stereocenters. The van der Waals surface area contributed by atoms with Crippen LogP contribution in [0.2, 0.25) is 0 Å². The average molecular weight is 636 g/mol.